The first-order chi connectivity index (χ1) is 7.38. The second-order valence-electron chi connectivity index (χ2n) is 3.62. The molecule has 1 saturated heterocycles. The Labute approximate surface area is 102 Å². The first kappa shape index (κ1) is 11.3. The smallest absolute Gasteiger partial charge is 0.119 e. The number of hydrogen-bond donors (Lipinski definition) is 1. The number of rotatable bonds is 3. The van der Waals surface area contributed by atoms with Crippen molar-refractivity contribution >= 4 is 25.0 Å². The molecule has 15 heavy (non-hydrogen) atoms. The highest BCUT2D eigenvalue weighted by molar-refractivity contribution is 9.50. The Morgan fingerprint density at radius 2 is 1.87 bits per heavy atom. The summed E-state index contributed by atoms with van der Waals surface area (Å²) in [4.78, 5) is 1.20. The highest BCUT2D eigenvalue weighted by atomic mass is 79.9. The maximum atomic E-state index is 5.89. The van der Waals surface area contributed by atoms with Gasteiger partial charge in [0.1, 0.15) is 11.9 Å². The second kappa shape index (κ2) is 5.77. The molecule has 2 rings (SSSR count). The van der Waals surface area contributed by atoms with Crippen LogP contribution < -0.4 is 10.1 Å². The molecule has 1 aliphatic heterocycles. The zero-order valence-electron chi connectivity index (χ0n) is 8.41. The summed E-state index contributed by atoms with van der Waals surface area (Å²) in [6, 6.07) is 8.20. The average Bonchev–Trinajstić information content (AvgIpc) is 2.31. The molecule has 0 aromatic heterocycles. The zero-order chi connectivity index (χ0) is 10.5. The van der Waals surface area contributed by atoms with Gasteiger partial charge < -0.3 is 10.1 Å². The van der Waals surface area contributed by atoms with E-state index in [0.717, 1.165) is 31.7 Å². The number of hydrogen-bond acceptors (Lipinski definition) is 3. The molecule has 2 nitrogen and oxygen atoms in total. The lowest BCUT2D eigenvalue weighted by molar-refractivity contribution is 0.162. The van der Waals surface area contributed by atoms with Gasteiger partial charge in [-0.3, -0.25) is 0 Å². The molecule has 1 aliphatic rings. The Kier molecular flexibility index (Phi) is 4.35. The molecule has 0 aliphatic carbocycles. The van der Waals surface area contributed by atoms with Crippen molar-refractivity contribution < 1.29 is 4.74 Å². The van der Waals surface area contributed by atoms with Crippen LogP contribution in [0.15, 0.2) is 29.2 Å². The van der Waals surface area contributed by atoms with E-state index in [-0.39, 0.29) is 0 Å². The summed E-state index contributed by atoms with van der Waals surface area (Å²) < 4.78 is 5.89. The van der Waals surface area contributed by atoms with Crippen molar-refractivity contribution in [3.05, 3.63) is 24.3 Å². The van der Waals surface area contributed by atoms with Gasteiger partial charge in [0, 0.05) is 4.90 Å². The van der Waals surface area contributed by atoms with Gasteiger partial charge in [-0.05, 0) is 75.2 Å². The minimum absolute atomic E-state index is 0.383. The highest BCUT2D eigenvalue weighted by Gasteiger charge is 2.13. The fourth-order valence-corrected chi connectivity index (χ4v) is 2.56. The Bertz CT molecular complexity index is 298. The van der Waals surface area contributed by atoms with Gasteiger partial charge in [-0.1, -0.05) is 0 Å². The Balaban J connectivity index is 1.91. The van der Waals surface area contributed by atoms with E-state index in [9.17, 15) is 0 Å². The summed E-state index contributed by atoms with van der Waals surface area (Å²) in [7, 11) is 1.57. The van der Waals surface area contributed by atoms with Crippen LogP contribution in [0.2, 0.25) is 0 Å². The summed E-state index contributed by atoms with van der Waals surface area (Å²) in [5.41, 5.74) is 0. The predicted molar refractivity (Wildman–Crippen MR) is 67.7 cm³/mol. The molecule has 1 heterocycles. The van der Waals surface area contributed by atoms with E-state index < -0.39 is 0 Å². The quantitative estimate of drug-likeness (QED) is 0.922. The molecule has 82 valence electrons. The maximum absolute atomic E-state index is 5.89. The Hall–Kier alpha value is -0.190. The molecule has 0 saturated carbocycles. The van der Waals surface area contributed by atoms with E-state index in [2.05, 4.69) is 32.3 Å². The van der Waals surface area contributed by atoms with Crippen molar-refractivity contribution in [2.45, 2.75) is 23.8 Å². The third-order valence-electron chi connectivity index (χ3n) is 2.50. The third kappa shape index (κ3) is 3.40. The van der Waals surface area contributed by atoms with Crippen molar-refractivity contribution in [2.75, 3.05) is 13.1 Å². The minimum atomic E-state index is 0.383. The monoisotopic (exact) mass is 287 g/mol. The molecule has 0 bridgehead atoms. The first-order valence-corrected chi connectivity index (χ1v) is 7.80. The molecule has 1 fully saturated rings. The molecule has 1 aromatic rings. The van der Waals surface area contributed by atoms with Crippen molar-refractivity contribution in [1.29, 1.82) is 0 Å². The van der Waals surface area contributed by atoms with Crippen LogP contribution in [0.4, 0.5) is 0 Å². The number of benzene rings is 1. The molecule has 1 N–H and O–H groups in total. The molecule has 0 unspecified atom stereocenters. The topological polar surface area (TPSA) is 21.3 Å². The van der Waals surface area contributed by atoms with Crippen LogP contribution in [0.1, 0.15) is 12.8 Å². The summed E-state index contributed by atoms with van der Waals surface area (Å²) >= 11 is 3.35. The number of halogens is 1. The molecule has 0 amide bonds. The fourth-order valence-electron chi connectivity index (χ4n) is 1.68. The van der Waals surface area contributed by atoms with E-state index in [4.69, 9.17) is 4.74 Å². The van der Waals surface area contributed by atoms with Crippen LogP contribution in [0.5, 0.6) is 5.75 Å². The summed E-state index contributed by atoms with van der Waals surface area (Å²) in [6.45, 7) is 2.14. The highest BCUT2D eigenvalue weighted by Crippen LogP contribution is 2.26. The van der Waals surface area contributed by atoms with Crippen LogP contribution in [0.25, 0.3) is 0 Å². The maximum Gasteiger partial charge on any atom is 0.119 e. The van der Waals surface area contributed by atoms with Gasteiger partial charge in [0.15, 0.2) is 0 Å². The molecule has 1 aromatic carbocycles. The number of ether oxygens (including phenoxy) is 1. The van der Waals surface area contributed by atoms with Crippen LogP contribution in [-0.2, 0) is 0 Å². The van der Waals surface area contributed by atoms with E-state index in [1.165, 1.54) is 4.90 Å². The van der Waals surface area contributed by atoms with Gasteiger partial charge in [0.25, 0.3) is 0 Å². The molecular formula is C11H14BrNOS. The molecular weight excluding hydrogens is 274 g/mol. The third-order valence-corrected chi connectivity index (χ3v) is 4.07. The van der Waals surface area contributed by atoms with E-state index in [1.807, 2.05) is 12.1 Å². The second-order valence-corrected chi connectivity index (χ2v) is 5.21. The number of nitrogens with one attached hydrogen (secondary N) is 1. The van der Waals surface area contributed by atoms with Crippen molar-refractivity contribution in [1.82, 2.24) is 5.32 Å². The lowest BCUT2D eigenvalue weighted by Crippen LogP contribution is -2.34. The van der Waals surface area contributed by atoms with Crippen LogP contribution in [0.3, 0.4) is 0 Å². The summed E-state index contributed by atoms with van der Waals surface area (Å²) in [5.74, 6) is 0.979. The van der Waals surface area contributed by atoms with Gasteiger partial charge >= 0.3 is 0 Å². The van der Waals surface area contributed by atoms with E-state index in [1.54, 1.807) is 10.2 Å². The van der Waals surface area contributed by atoms with Gasteiger partial charge in [-0.2, -0.15) is 0 Å². The minimum Gasteiger partial charge on any atom is -0.490 e. The number of piperidine rings is 1. The van der Waals surface area contributed by atoms with Gasteiger partial charge in [-0.25, -0.2) is 0 Å². The standard InChI is InChI=1S/C11H14BrNOS/c12-15-11-3-1-9(2-4-11)14-10-5-7-13-8-6-10/h1-4,10,13H,5-8H2. The van der Waals surface area contributed by atoms with Crippen molar-refractivity contribution in [3.63, 3.8) is 0 Å². The molecule has 4 heteroatoms. The zero-order valence-corrected chi connectivity index (χ0v) is 10.8. The van der Waals surface area contributed by atoms with Gasteiger partial charge in [-0.15, -0.1) is 0 Å². The van der Waals surface area contributed by atoms with Crippen molar-refractivity contribution in [2.24, 2.45) is 0 Å². The molecule has 0 atom stereocenters. The van der Waals surface area contributed by atoms with Gasteiger partial charge in [0.05, 0.1) is 0 Å². The summed E-state index contributed by atoms with van der Waals surface area (Å²) in [5, 5.41) is 3.33. The fraction of sp³-hybridized carbons (Fsp3) is 0.455. The first-order valence-electron chi connectivity index (χ1n) is 5.14. The predicted octanol–water partition coefficient (Wildman–Crippen LogP) is 3.22. The lowest BCUT2D eigenvalue weighted by atomic mass is 10.1. The van der Waals surface area contributed by atoms with E-state index in [0.29, 0.717) is 6.10 Å². The Morgan fingerprint density at radius 1 is 1.20 bits per heavy atom. The van der Waals surface area contributed by atoms with Gasteiger partial charge in [0.2, 0.25) is 0 Å². The largest absolute Gasteiger partial charge is 0.490 e. The van der Waals surface area contributed by atoms with Crippen LogP contribution >= 0.6 is 25.0 Å². The van der Waals surface area contributed by atoms with Crippen molar-refractivity contribution in [3.8, 4) is 5.75 Å². The normalized spacial score (nSPS) is 17.7. The average molecular weight is 288 g/mol. The van der Waals surface area contributed by atoms with E-state index >= 15 is 0 Å². The molecule has 0 spiro atoms. The Morgan fingerprint density at radius 3 is 2.47 bits per heavy atom. The molecule has 0 radical (unpaired) electrons. The van der Waals surface area contributed by atoms with Crippen LogP contribution in [-0.4, -0.2) is 19.2 Å². The van der Waals surface area contributed by atoms with Crippen LogP contribution in [0, 0.1) is 0 Å². The summed E-state index contributed by atoms with van der Waals surface area (Å²) in [6.07, 6.45) is 2.60. The SMILES string of the molecule is BrSc1ccc(OC2CCNCC2)cc1. The lowest BCUT2D eigenvalue weighted by Gasteiger charge is -2.23.